The molecule has 4 nitrogen and oxygen atoms in total. The van der Waals surface area contributed by atoms with Gasteiger partial charge in [-0.05, 0) is 13.3 Å². The van der Waals surface area contributed by atoms with E-state index in [0.29, 0.717) is 6.92 Å². The minimum Gasteiger partial charge on any atom is -0.436 e. The molecule has 0 aromatic rings. The molecule has 1 N–H and O–H groups in total. The fourth-order valence-electron chi connectivity index (χ4n) is 2.63. The number of carbonyl (C=O) groups is 1. The number of carbonyl (C=O) groups excluding carboxylic acids is 1. The normalized spacial score (nSPS) is 34.9. The van der Waals surface area contributed by atoms with Crippen molar-refractivity contribution in [1.82, 2.24) is 0 Å². The van der Waals surface area contributed by atoms with Gasteiger partial charge >= 0.3 is 47.7 Å². The molecule has 0 bridgehead atoms. The first-order chi connectivity index (χ1) is 13.3. The van der Waals surface area contributed by atoms with E-state index in [-0.39, 0.29) is 0 Å². The van der Waals surface area contributed by atoms with Crippen LogP contribution in [0, 0.1) is 5.92 Å². The molecule has 31 heavy (non-hydrogen) atoms. The Morgan fingerprint density at radius 3 is 1.61 bits per heavy atom. The number of hydrogen-bond donors (Lipinski definition) is 1. The Hall–Kier alpha value is -1.52. The third-order valence-corrected chi connectivity index (χ3v) is 4.85. The van der Waals surface area contributed by atoms with Gasteiger partial charge in [-0.1, -0.05) is 13.8 Å². The molecule has 4 atom stereocenters. The molecule has 1 rings (SSSR count). The zero-order chi connectivity index (χ0) is 25.3. The highest BCUT2D eigenvalue weighted by molar-refractivity contribution is 5.73. The van der Waals surface area contributed by atoms with Crippen molar-refractivity contribution < 1.29 is 76.5 Å². The van der Waals surface area contributed by atoms with E-state index in [1.807, 2.05) is 0 Å². The van der Waals surface area contributed by atoms with E-state index in [2.05, 4.69) is 9.47 Å². The second-order valence-corrected chi connectivity index (χ2v) is 6.83. The highest BCUT2D eigenvalue weighted by atomic mass is 19.4. The molecule has 0 aromatic carbocycles. The van der Waals surface area contributed by atoms with Gasteiger partial charge in [-0.25, -0.2) is 0 Å². The van der Waals surface area contributed by atoms with Gasteiger partial charge in [-0.2, -0.15) is 57.1 Å². The van der Waals surface area contributed by atoms with Crippen LogP contribution in [0.3, 0.4) is 0 Å². The van der Waals surface area contributed by atoms with Crippen LogP contribution in [0.2, 0.25) is 0 Å². The Balaban J connectivity index is 4.24. The molecule has 1 fully saturated rings. The second-order valence-electron chi connectivity index (χ2n) is 6.83. The molecule has 1 saturated heterocycles. The van der Waals surface area contributed by atoms with Crippen molar-refractivity contribution in [3.8, 4) is 0 Å². The summed E-state index contributed by atoms with van der Waals surface area (Å²) in [6.07, 6.45) is -22.2. The lowest BCUT2D eigenvalue weighted by Crippen LogP contribution is -2.90. The van der Waals surface area contributed by atoms with Crippen LogP contribution in [0.25, 0.3) is 0 Å². The molecule has 184 valence electrons. The average molecular weight is 492 g/mol. The van der Waals surface area contributed by atoms with E-state index < -0.39 is 72.6 Å². The summed E-state index contributed by atoms with van der Waals surface area (Å²) in [6, 6.07) is 0. The molecule has 0 amide bonds. The quantitative estimate of drug-likeness (QED) is 0.457. The summed E-state index contributed by atoms with van der Waals surface area (Å²) in [7, 11) is 0. The molecule has 0 aliphatic carbocycles. The van der Waals surface area contributed by atoms with Crippen LogP contribution < -0.4 is 0 Å². The minimum absolute atomic E-state index is 0.597. The van der Waals surface area contributed by atoms with Gasteiger partial charge in [0.2, 0.25) is 5.60 Å². The molecule has 1 aliphatic heterocycles. The van der Waals surface area contributed by atoms with E-state index in [4.69, 9.17) is 0 Å². The van der Waals surface area contributed by atoms with Gasteiger partial charge in [0.15, 0.2) is 0 Å². The van der Waals surface area contributed by atoms with Crippen LogP contribution in [-0.2, 0) is 14.3 Å². The van der Waals surface area contributed by atoms with Crippen molar-refractivity contribution in [2.75, 3.05) is 0 Å². The number of ether oxygens (including phenoxy) is 2. The lowest BCUT2D eigenvalue weighted by atomic mass is 9.71. The molecule has 0 saturated carbocycles. The van der Waals surface area contributed by atoms with Gasteiger partial charge in [0.1, 0.15) is 0 Å². The van der Waals surface area contributed by atoms with Crippen molar-refractivity contribution in [2.45, 2.75) is 74.6 Å². The molecule has 1 heterocycles. The number of halogens is 13. The van der Waals surface area contributed by atoms with E-state index in [0.717, 1.165) is 6.92 Å². The van der Waals surface area contributed by atoms with Crippen molar-refractivity contribution >= 4 is 5.97 Å². The zero-order valence-electron chi connectivity index (χ0n) is 15.4. The fourth-order valence-corrected chi connectivity index (χ4v) is 2.63. The van der Waals surface area contributed by atoms with Gasteiger partial charge in [0, 0.05) is 0 Å². The Morgan fingerprint density at radius 2 is 1.32 bits per heavy atom. The second kappa shape index (κ2) is 6.99. The number of esters is 1. The SMILES string of the molecule is CCC(C)C(=O)OC1(C(F)(F)F)C(F)(F)C(C)(C(F)(F)F)OC(O)(C(F)(F)F)C1(F)F. The molecule has 0 aromatic heterocycles. The summed E-state index contributed by atoms with van der Waals surface area (Å²) in [5.74, 6) is -26.0. The summed E-state index contributed by atoms with van der Waals surface area (Å²) in [5.41, 5.74) is -13.2. The Bertz CT molecular complexity index is 672. The predicted octanol–water partition coefficient (Wildman–Crippen LogP) is 4.75. The summed E-state index contributed by atoms with van der Waals surface area (Å²) >= 11 is 0. The number of alkyl halides is 13. The van der Waals surface area contributed by atoms with Gasteiger partial charge in [0.25, 0.3) is 0 Å². The first kappa shape index (κ1) is 27.5. The molecule has 0 spiro atoms. The third-order valence-electron chi connectivity index (χ3n) is 4.85. The smallest absolute Gasteiger partial charge is 0.436 e. The zero-order valence-corrected chi connectivity index (χ0v) is 15.4. The van der Waals surface area contributed by atoms with Crippen molar-refractivity contribution in [3.05, 3.63) is 0 Å². The Kier molecular flexibility index (Phi) is 6.20. The van der Waals surface area contributed by atoms with E-state index in [9.17, 15) is 67.0 Å². The molecule has 0 radical (unpaired) electrons. The van der Waals surface area contributed by atoms with Crippen molar-refractivity contribution in [2.24, 2.45) is 5.92 Å². The predicted molar refractivity (Wildman–Crippen MR) is 70.8 cm³/mol. The fraction of sp³-hybridized carbons (Fsp3) is 0.929. The molecule has 17 heteroatoms. The van der Waals surface area contributed by atoms with Crippen LogP contribution in [0.5, 0.6) is 0 Å². The van der Waals surface area contributed by atoms with Crippen LogP contribution in [0.15, 0.2) is 0 Å². The minimum atomic E-state index is -7.49. The maximum absolute atomic E-state index is 14.7. The van der Waals surface area contributed by atoms with Gasteiger partial charge in [-0.15, -0.1) is 0 Å². The third kappa shape index (κ3) is 3.24. The van der Waals surface area contributed by atoms with E-state index >= 15 is 0 Å². The number of rotatable bonds is 3. The number of aliphatic hydroxyl groups is 1. The highest BCUT2D eigenvalue weighted by Crippen LogP contribution is 2.69. The maximum Gasteiger partial charge on any atom is 0.449 e. The van der Waals surface area contributed by atoms with E-state index in [1.165, 1.54) is 0 Å². The van der Waals surface area contributed by atoms with Gasteiger partial charge in [-0.3, -0.25) is 4.79 Å². The Morgan fingerprint density at radius 1 is 0.903 bits per heavy atom. The summed E-state index contributed by atoms with van der Waals surface area (Å²) in [4.78, 5) is 11.7. The highest BCUT2D eigenvalue weighted by Gasteiger charge is 3.01. The summed E-state index contributed by atoms with van der Waals surface area (Å²) < 4.78 is 184. The first-order valence-corrected chi connectivity index (χ1v) is 7.93. The van der Waals surface area contributed by atoms with Crippen LogP contribution in [-0.4, -0.2) is 58.4 Å². The topological polar surface area (TPSA) is 55.8 Å². The molecular formula is C14H13F13O4. The average Bonchev–Trinajstić information content (AvgIpc) is 2.53. The standard InChI is InChI=1S/C14H13F13O4/c1-4-5(2)6(28)30-8(13(22,23)24)9(15,16)7(3,12(19,20)21)31-11(29,10(8,17)18)14(25,26)27/h5,29H,4H2,1-3H3. The van der Waals surface area contributed by atoms with Gasteiger partial charge in [0.05, 0.1) is 5.92 Å². The number of hydrogen-bond acceptors (Lipinski definition) is 4. The Labute approximate surface area is 164 Å². The van der Waals surface area contributed by atoms with Crippen LogP contribution >= 0.6 is 0 Å². The van der Waals surface area contributed by atoms with Crippen molar-refractivity contribution in [1.29, 1.82) is 0 Å². The summed E-state index contributed by atoms with van der Waals surface area (Å²) in [6.45, 7) is 0.468. The summed E-state index contributed by atoms with van der Waals surface area (Å²) in [5, 5.41) is 9.25. The monoisotopic (exact) mass is 492 g/mol. The largest absolute Gasteiger partial charge is 0.449 e. The van der Waals surface area contributed by atoms with Crippen molar-refractivity contribution in [3.63, 3.8) is 0 Å². The van der Waals surface area contributed by atoms with Gasteiger partial charge < -0.3 is 14.6 Å². The van der Waals surface area contributed by atoms with Crippen LogP contribution in [0.4, 0.5) is 57.1 Å². The van der Waals surface area contributed by atoms with Crippen LogP contribution in [0.1, 0.15) is 27.2 Å². The lowest BCUT2D eigenvalue weighted by molar-refractivity contribution is -0.576. The maximum atomic E-state index is 14.7. The van der Waals surface area contributed by atoms with E-state index in [1.54, 1.807) is 0 Å². The first-order valence-electron chi connectivity index (χ1n) is 7.93. The molecule has 4 unspecified atom stereocenters. The molecular weight excluding hydrogens is 479 g/mol. The molecule has 1 aliphatic rings. The lowest BCUT2D eigenvalue weighted by Gasteiger charge is -2.59.